The number of fused-ring (bicyclic) bond motifs is 7. The van der Waals surface area contributed by atoms with E-state index in [9.17, 15) is 5.11 Å². The van der Waals surface area contributed by atoms with Crippen LogP contribution in [-0.2, 0) is 19.6 Å². The molecule has 2 aliphatic rings. The van der Waals surface area contributed by atoms with Gasteiger partial charge in [0.25, 0.3) is 0 Å². The van der Waals surface area contributed by atoms with Gasteiger partial charge in [0.1, 0.15) is 5.75 Å². The van der Waals surface area contributed by atoms with E-state index in [1.807, 2.05) is 6.07 Å². The minimum Gasteiger partial charge on any atom is -0.496 e. The van der Waals surface area contributed by atoms with E-state index in [-0.39, 0.29) is 6.61 Å². The fraction of sp³-hybridized carbons (Fsp3) is 0.364. The summed E-state index contributed by atoms with van der Waals surface area (Å²) in [5.41, 5.74) is 10.6. The molecule has 2 heterocycles. The molecule has 26 heavy (non-hydrogen) atoms. The molecular formula is C22H24N2O2. The second-order valence-electron chi connectivity index (χ2n) is 7.60. The van der Waals surface area contributed by atoms with Crippen LogP contribution in [0.4, 0.5) is 5.69 Å². The van der Waals surface area contributed by atoms with Crippen LogP contribution in [0, 0.1) is 0 Å². The molecular weight excluding hydrogens is 324 g/mol. The molecule has 1 atom stereocenters. The monoisotopic (exact) mass is 348 g/mol. The molecule has 4 heteroatoms. The normalized spacial score (nSPS) is 19.7. The summed E-state index contributed by atoms with van der Waals surface area (Å²) in [7, 11) is 1.67. The van der Waals surface area contributed by atoms with E-state index < -0.39 is 0 Å². The Morgan fingerprint density at radius 2 is 1.96 bits per heavy atom. The third-order valence-corrected chi connectivity index (χ3v) is 6.24. The van der Waals surface area contributed by atoms with Gasteiger partial charge in [-0.15, -0.1) is 0 Å². The van der Waals surface area contributed by atoms with E-state index in [1.165, 1.54) is 46.7 Å². The Kier molecular flexibility index (Phi) is 3.59. The molecule has 0 aliphatic carbocycles. The fourth-order valence-electron chi connectivity index (χ4n) is 4.97. The second-order valence-corrected chi connectivity index (χ2v) is 7.60. The maximum atomic E-state index is 9.78. The van der Waals surface area contributed by atoms with Crippen LogP contribution in [0.3, 0.4) is 0 Å². The van der Waals surface area contributed by atoms with E-state index in [2.05, 4.69) is 29.2 Å². The van der Waals surface area contributed by atoms with Gasteiger partial charge in [-0.05, 0) is 82.7 Å². The highest BCUT2D eigenvalue weighted by Gasteiger charge is 2.32. The Balaban J connectivity index is 1.89. The zero-order chi connectivity index (χ0) is 17.8. The second kappa shape index (κ2) is 5.86. The first-order valence-electron chi connectivity index (χ1n) is 9.38. The summed E-state index contributed by atoms with van der Waals surface area (Å²) in [6, 6.07) is 11.1. The Hall–Kier alpha value is -2.30. The minimum absolute atomic E-state index is 0.0335. The highest BCUT2D eigenvalue weighted by atomic mass is 16.5. The lowest BCUT2D eigenvalue weighted by Crippen LogP contribution is -2.35. The summed E-state index contributed by atoms with van der Waals surface area (Å²) >= 11 is 0. The van der Waals surface area contributed by atoms with Gasteiger partial charge in [-0.25, -0.2) is 0 Å². The summed E-state index contributed by atoms with van der Waals surface area (Å²) in [6.07, 6.45) is 3.69. The van der Waals surface area contributed by atoms with E-state index in [0.29, 0.717) is 6.04 Å². The summed E-state index contributed by atoms with van der Waals surface area (Å²) in [4.78, 5) is 2.62. The molecule has 1 fully saturated rings. The third-order valence-electron chi connectivity index (χ3n) is 6.24. The highest BCUT2D eigenvalue weighted by molar-refractivity contribution is 6.12. The number of aliphatic hydroxyl groups excluding tert-OH is 1. The molecule has 0 amide bonds. The van der Waals surface area contributed by atoms with Crippen LogP contribution >= 0.6 is 0 Å². The first-order valence-corrected chi connectivity index (χ1v) is 9.38. The number of nitrogens with two attached hydrogens (primary N) is 1. The number of nitrogens with zero attached hydrogens (tertiary/aromatic N) is 1. The Morgan fingerprint density at radius 3 is 2.77 bits per heavy atom. The van der Waals surface area contributed by atoms with Crippen molar-refractivity contribution < 1.29 is 9.84 Å². The molecule has 3 aromatic rings. The fourth-order valence-corrected chi connectivity index (χ4v) is 4.97. The molecule has 1 saturated heterocycles. The van der Waals surface area contributed by atoms with Crippen molar-refractivity contribution >= 4 is 27.2 Å². The number of hydrogen-bond acceptors (Lipinski definition) is 4. The van der Waals surface area contributed by atoms with E-state index >= 15 is 0 Å². The van der Waals surface area contributed by atoms with Gasteiger partial charge in [0.15, 0.2) is 0 Å². The Labute approximate surface area is 153 Å². The van der Waals surface area contributed by atoms with Crippen molar-refractivity contribution in [2.45, 2.75) is 38.5 Å². The van der Waals surface area contributed by atoms with Gasteiger partial charge in [-0.3, -0.25) is 4.90 Å². The van der Waals surface area contributed by atoms with Crippen LogP contribution in [0.15, 0.2) is 30.3 Å². The Morgan fingerprint density at radius 1 is 1.12 bits per heavy atom. The molecule has 0 bridgehead atoms. The number of benzene rings is 3. The largest absolute Gasteiger partial charge is 0.496 e. The topological polar surface area (TPSA) is 58.7 Å². The molecule has 5 rings (SSSR count). The zero-order valence-electron chi connectivity index (χ0n) is 15.1. The summed E-state index contributed by atoms with van der Waals surface area (Å²) < 4.78 is 5.56. The Bertz CT molecular complexity index is 1030. The lowest BCUT2D eigenvalue weighted by molar-refractivity contribution is 0.229. The van der Waals surface area contributed by atoms with Crippen LogP contribution < -0.4 is 10.5 Å². The molecule has 3 N–H and O–H groups in total. The third kappa shape index (κ3) is 2.22. The average Bonchev–Trinajstić information content (AvgIpc) is 3.13. The van der Waals surface area contributed by atoms with Crippen molar-refractivity contribution in [3.63, 3.8) is 0 Å². The minimum atomic E-state index is -0.0335. The first kappa shape index (κ1) is 15.9. The predicted octanol–water partition coefficient (Wildman–Crippen LogP) is 3.60. The SMILES string of the molecule is COc1cc2c3c(c4ccc(N)cc4c2cc1CO)C[C@@H]1CCCN1C3. The van der Waals surface area contributed by atoms with E-state index in [0.717, 1.165) is 35.4 Å². The van der Waals surface area contributed by atoms with Crippen molar-refractivity contribution in [2.24, 2.45) is 0 Å². The van der Waals surface area contributed by atoms with Gasteiger partial charge < -0.3 is 15.6 Å². The van der Waals surface area contributed by atoms with Gasteiger partial charge in [-0.2, -0.15) is 0 Å². The molecule has 0 spiro atoms. The predicted molar refractivity (Wildman–Crippen MR) is 105 cm³/mol. The lowest BCUT2D eigenvalue weighted by atomic mass is 9.84. The van der Waals surface area contributed by atoms with Crippen molar-refractivity contribution in [3.05, 3.63) is 47.0 Å². The molecule has 2 aliphatic heterocycles. The van der Waals surface area contributed by atoms with Gasteiger partial charge in [0, 0.05) is 23.8 Å². The van der Waals surface area contributed by atoms with Gasteiger partial charge >= 0.3 is 0 Å². The van der Waals surface area contributed by atoms with E-state index in [1.54, 1.807) is 7.11 Å². The van der Waals surface area contributed by atoms with Crippen molar-refractivity contribution in [2.75, 3.05) is 19.4 Å². The molecule has 0 aromatic heterocycles. The first-order chi connectivity index (χ1) is 12.7. The van der Waals surface area contributed by atoms with Crippen molar-refractivity contribution in [3.8, 4) is 5.75 Å². The van der Waals surface area contributed by atoms with Crippen LogP contribution in [0.25, 0.3) is 21.5 Å². The summed E-state index contributed by atoms with van der Waals surface area (Å²) in [5.74, 6) is 0.758. The number of anilines is 1. The summed E-state index contributed by atoms with van der Waals surface area (Å²) in [5, 5.41) is 14.7. The number of aliphatic hydroxyl groups is 1. The smallest absolute Gasteiger partial charge is 0.125 e. The van der Waals surface area contributed by atoms with Gasteiger partial charge in [0.2, 0.25) is 0 Å². The molecule has 134 valence electrons. The van der Waals surface area contributed by atoms with Gasteiger partial charge in [-0.1, -0.05) is 6.07 Å². The highest BCUT2D eigenvalue weighted by Crippen LogP contribution is 2.42. The number of nitrogen functional groups attached to an aromatic ring is 1. The van der Waals surface area contributed by atoms with E-state index in [4.69, 9.17) is 10.5 Å². The van der Waals surface area contributed by atoms with Gasteiger partial charge in [0.05, 0.1) is 13.7 Å². The molecule has 4 nitrogen and oxygen atoms in total. The number of rotatable bonds is 2. The van der Waals surface area contributed by atoms with Crippen molar-refractivity contribution in [1.29, 1.82) is 0 Å². The number of hydrogen-bond donors (Lipinski definition) is 2. The van der Waals surface area contributed by atoms with Crippen LogP contribution in [0.1, 0.15) is 29.5 Å². The average molecular weight is 348 g/mol. The number of methoxy groups -OCH3 is 1. The number of ether oxygens (including phenoxy) is 1. The molecule has 0 unspecified atom stereocenters. The molecule has 0 radical (unpaired) electrons. The standard InChI is InChI=1S/C22H24N2O2/c1-26-22-10-20-17(7-13(22)12-25)18-8-14(23)4-5-16(18)19-9-15-3-2-6-24(15)11-21(19)20/h4-5,7-8,10,15,25H,2-3,6,9,11-12,23H2,1H3/t15-/m0/s1. The van der Waals surface area contributed by atoms with Crippen molar-refractivity contribution in [1.82, 2.24) is 4.90 Å². The molecule has 3 aromatic carbocycles. The maximum absolute atomic E-state index is 9.78. The van der Waals surface area contributed by atoms with Crippen LogP contribution in [0.5, 0.6) is 5.75 Å². The lowest BCUT2D eigenvalue weighted by Gasteiger charge is -2.33. The zero-order valence-corrected chi connectivity index (χ0v) is 15.1. The quantitative estimate of drug-likeness (QED) is 0.549. The van der Waals surface area contributed by atoms with Crippen LogP contribution in [0.2, 0.25) is 0 Å². The molecule has 0 saturated carbocycles. The van der Waals surface area contributed by atoms with Crippen LogP contribution in [-0.4, -0.2) is 29.7 Å². The summed E-state index contributed by atoms with van der Waals surface area (Å²) in [6.45, 7) is 2.16. The maximum Gasteiger partial charge on any atom is 0.125 e.